The maximum Gasteiger partial charge on any atom is 0.288 e. The SMILES string of the molecule is C[C@H]1CNCCN1C(=O)c1ccc(Cl)c([N+](=O)[O-])c1. The molecule has 0 bridgehead atoms. The third kappa shape index (κ3) is 2.85. The zero-order valence-electron chi connectivity index (χ0n) is 10.4. The van der Waals surface area contributed by atoms with Crippen LogP contribution in [-0.4, -0.2) is 41.4 Å². The van der Waals surface area contributed by atoms with Crippen molar-refractivity contribution in [2.75, 3.05) is 19.6 Å². The molecule has 0 saturated carbocycles. The van der Waals surface area contributed by atoms with Crippen LogP contribution < -0.4 is 5.32 Å². The molecule has 1 aliphatic heterocycles. The lowest BCUT2D eigenvalue weighted by atomic mass is 10.1. The van der Waals surface area contributed by atoms with E-state index in [-0.39, 0.29) is 22.7 Å². The normalized spacial score (nSPS) is 19.3. The number of benzene rings is 1. The maximum absolute atomic E-state index is 12.3. The molecule has 0 spiro atoms. The van der Waals surface area contributed by atoms with Crippen LogP contribution >= 0.6 is 11.6 Å². The fourth-order valence-electron chi connectivity index (χ4n) is 2.09. The van der Waals surface area contributed by atoms with Crippen LogP contribution in [0.2, 0.25) is 5.02 Å². The molecule has 1 aromatic rings. The maximum atomic E-state index is 12.3. The van der Waals surface area contributed by atoms with Crippen LogP contribution in [-0.2, 0) is 0 Å². The molecule has 1 fully saturated rings. The Kier molecular flexibility index (Phi) is 4.01. The van der Waals surface area contributed by atoms with Gasteiger partial charge in [0.1, 0.15) is 5.02 Å². The van der Waals surface area contributed by atoms with E-state index in [1.54, 1.807) is 4.90 Å². The summed E-state index contributed by atoms with van der Waals surface area (Å²) in [5.41, 5.74) is 0.0557. The number of nitro groups is 1. The fourth-order valence-corrected chi connectivity index (χ4v) is 2.28. The summed E-state index contributed by atoms with van der Waals surface area (Å²) >= 11 is 5.73. The van der Waals surface area contributed by atoms with Crippen LogP contribution in [0.25, 0.3) is 0 Å². The highest BCUT2D eigenvalue weighted by Gasteiger charge is 2.25. The van der Waals surface area contributed by atoms with Gasteiger partial charge in [-0.3, -0.25) is 14.9 Å². The monoisotopic (exact) mass is 283 g/mol. The number of nitrogens with zero attached hydrogens (tertiary/aromatic N) is 2. The van der Waals surface area contributed by atoms with Gasteiger partial charge in [0.05, 0.1) is 4.92 Å². The summed E-state index contributed by atoms with van der Waals surface area (Å²) in [5, 5.41) is 14.0. The van der Waals surface area contributed by atoms with Crippen molar-refractivity contribution >= 4 is 23.2 Å². The van der Waals surface area contributed by atoms with E-state index in [4.69, 9.17) is 11.6 Å². The number of nitro benzene ring substituents is 1. The molecule has 1 heterocycles. The number of carbonyl (C=O) groups excluding carboxylic acids is 1. The molecule has 19 heavy (non-hydrogen) atoms. The number of nitrogens with one attached hydrogen (secondary N) is 1. The number of hydrogen-bond donors (Lipinski definition) is 1. The second-order valence-corrected chi connectivity index (χ2v) is 4.88. The van der Waals surface area contributed by atoms with Gasteiger partial charge in [0.25, 0.3) is 11.6 Å². The zero-order valence-corrected chi connectivity index (χ0v) is 11.2. The molecule has 6 nitrogen and oxygen atoms in total. The topological polar surface area (TPSA) is 75.5 Å². The summed E-state index contributed by atoms with van der Waals surface area (Å²) < 4.78 is 0. The van der Waals surface area contributed by atoms with E-state index in [0.717, 1.165) is 13.1 Å². The standard InChI is InChI=1S/C12H14ClN3O3/c1-8-7-14-4-5-15(8)12(17)9-2-3-10(13)11(6-9)16(18)19/h2-3,6,8,14H,4-5,7H2,1H3/t8-/m0/s1. The lowest BCUT2D eigenvalue weighted by Crippen LogP contribution is -2.52. The van der Waals surface area contributed by atoms with Crippen LogP contribution in [0, 0.1) is 10.1 Å². The Labute approximate surface area is 115 Å². The Morgan fingerprint density at radius 2 is 2.32 bits per heavy atom. The van der Waals surface area contributed by atoms with Crippen LogP contribution in [0.3, 0.4) is 0 Å². The molecular weight excluding hydrogens is 270 g/mol. The first kappa shape index (κ1) is 13.8. The van der Waals surface area contributed by atoms with Gasteiger partial charge in [-0.05, 0) is 19.1 Å². The van der Waals surface area contributed by atoms with Gasteiger partial charge in [-0.15, -0.1) is 0 Å². The van der Waals surface area contributed by atoms with E-state index in [9.17, 15) is 14.9 Å². The van der Waals surface area contributed by atoms with Gasteiger partial charge in [0.15, 0.2) is 0 Å². The van der Waals surface area contributed by atoms with E-state index < -0.39 is 4.92 Å². The average Bonchev–Trinajstić information content (AvgIpc) is 2.38. The predicted octanol–water partition coefficient (Wildman–Crippen LogP) is 1.68. The quantitative estimate of drug-likeness (QED) is 0.662. The van der Waals surface area contributed by atoms with Crippen molar-refractivity contribution < 1.29 is 9.72 Å². The van der Waals surface area contributed by atoms with Gasteiger partial charge >= 0.3 is 0 Å². The van der Waals surface area contributed by atoms with Crippen molar-refractivity contribution in [2.45, 2.75) is 13.0 Å². The van der Waals surface area contributed by atoms with Gasteiger partial charge < -0.3 is 10.2 Å². The minimum absolute atomic E-state index is 0.0370. The number of halogens is 1. The molecule has 0 aromatic heterocycles. The molecule has 0 radical (unpaired) electrons. The van der Waals surface area contributed by atoms with Gasteiger partial charge in [-0.2, -0.15) is 0 Å². The molecule has 1 aromatic carbocycles. The lowest BCUT2D eigenvalue weighted by Gasteiger charge is -2.34. The predicted molar refractivity (Wildman–Crippen MR) is 71.5 cm³/mol. The molecular formula is C12H14ClN3O3. The van der Waals surface area contributed by atoms with Crippen molar-refractivity contribution in [1.29, 1.82) is 0 Å². The third-order valence-electron chi connectivity index (χ3n) is 3.15. The van der Waals surface area contributed by atoms with Crippen molar-refractivity contribution in [3.8, 4) is 0 Å². The third-order valence-corrected chi connectivity index (χ3v) is 3.47. The van der Waals surface area contributed by atoms with Crippen molar-refractivity contribution in [1.82, 2.24) is 10.2 Å². The smallest absolute Gasteiger partial charge is 0.288 e. The minimum atomic E-state index is -0.583. The first-order valence-corrected chi connectivity index (χ1v) is 6.34. The zero-order chi connectivity index (χ0) is 14.0. The molecule has 1 N–H and O–H groups in total. The van der Waals surface area contributed by atoms with Gasteiger partial charge in [-0.25, -0.2) is 0 Å². The molecule has 0 unspecified atom stereocenters. The van der Waals surface area contributed by atoms with Gasteiger partial charge in [-0.1, -0.05) is 11.6 Å². The first-order chi connectivity index (χ1) is 9.00. The Hall–Kier alpha value is -1.66. The molecule has 7 heteroatoms. The Balaban J connectivity index is 2.28. The second-order valence-electron chi connectivity index (χ2n) is 4.47. The fraction of sp³-hybridized carbons (Fsp3) is 0.417. The molecule has 1 atom stereocenters. The van der Waals surface area contributed by atoms with E-state index >= 15 is 0 Å². The van der Waals surface area contributed by atoms with E-state index in [2.05, 4.69) is 5.32 Å². The van der Waals surface area contributed by atoms with Crippen LogP contribution in [0.4, 0.5) is 5.69 Å². The van der Waals surface area contributed by atoms with Gasteiger partial charge in [0, 0.05) is 37.3 Å². The molecule has 1 saturated heterocycles. The Morgan fingerprint density at radius 3 is 2.95 bits per heavy atom. The summed E-state index contributed by atoms with van der Waals surface area (Å²) in [4.78, 5) is 24.3. The molecule has 2 rings (SSSR count). The largest absolute Gasteiger partial charge is 0.333 e. The van der Waals surface area contributed by atoms with Crippen LogP contribution in [0.5, 0.6) is 0 Å². The number of carbonyl (C=O) groups is 1. The Morgan fingerprint density at radius 1 is 1.58 bits per heavy atom. The highest BCUT2D eigenvalue weighted by molar-refractivity contribution is 6.32. The minimum Gasteiger partial charge on any atom is -0.333 e. The first-order valence-electron chi connectivity index (χ1n) is 5.96. The van der Waals surface area contributed by atoms with Crippen LogP contribution in [0.1, 0.15) is 17.3 Å². The molecule has 1 amide bonds. The number of piperazine rings is 1. The molecule has 0 aliphatic carbocycles. The van der Waals surface area contributed by atoms with Crippen LogP contribution in [0.15, 0.2) is 18.2 Å². The second kappa shape index (κ2) is 5.54. The average molecular weight is 284 g/mol. The van der Waals surface area contributed by atoms with E-state index in [0.29, 0.717) is 12.1 Å². The molecule has 1 aliphatic rings. The summed E-state index contributed by atoms with van der Waals surface area (Å²) in [5.74, 6) is -0.200. The summed E-state index contributed by atoms with van der Waals surface area (Å²) in [6, 6.07) is 4.21. The van der Waals surface area contributed by atoms with E-state index in [1.807, 2.05) is 6.92 Å². The Bertz CT molecular complexity index is 521. The highest BCUT2D eigenvalue weighted by atomic mass is 35.5. The van der Waals surface area contributed by atoms with Crippen molar-refractivity contribution in [3.05, 3.63) is 38.9 Å². The number of amides is 1. The summed E-state index contributed by atoms with van der Waals surface area (Å²) in [6.45, 7) is 3.98. The molecule has 102 valence electrons. The summed E-state index contributed by atoms with van der Waals surface area (Å²) in [6.07, 6.45) is 0. The summed E-state index contributed by atoms with van der Waals surface area (Å²) in [7, 11) is 0. The lowest BCUT2D eigenvalue weighted by molar-refractivity contribution is -0.384. The van der Waals surface area contributed by atoms with Gasteiger partial charge in [0.2, 0.25) is 0 Å². The number of rotatable bonds is 2. The highest BCUT2D eigenvalue weighted by Crippen LogP contribution is 2.26. The van der Waals surface area contributed by atoms with E-state index in [1.165, 1.54) is 18.2 Å². The van der Waals surface area contributed by atoms with Crippen molar-refractivity contribution in [3.63, 3.8) is 0 Å². The number of hydrogen-bond acceptors (Lipinski definition) is 4. The van der Waals surface area contributed by atoms with Crippen molar-refractivity contribution in [2.24, 2.45) is 0 Å².